The lowest BCUT2D eigenvalue weighted by Crippen LogP contribution is -1.88. The van der Waals surface area contributed by atoms with Gasteiger partial charge in [0.25, 0.3) is 0 Å². The second-order valence-corrected chi connectivity index (χ2v) is 2.30. The van der Waals surface area contributed by atoms with Crippen LogP contribution in [0.15, 0.2) is 24.3 Å². The van der Waals surface area contributed by atoms with Gasteiger partial charge in [-0.25, -0.2) is 0 Å². The highest BCUT2D eigenvalue weighted by Gasteiger charge is 1.94. The summed E-state index contributed by atoms with van der Waals surface area (Å²) >= 11 is 0. The molecule has 1 aromatic carbocycles. The largest absolute Gasteiger partial charge is 0.408 e. The summed E-state index contributed by atoms with van der Waals surface area (Å²) in [4.78, 5) is 0. The fourth-order valence-corrected chi connectivity index (χ4v) is 0.933. The van der Waals surface area contributed by atoms with E-state index < -0.39 is 0 Å². The first-order valence-electron chi connectivity index (χ1n) is 3.57. The second kappa shape index (κ2) is 4.42. The maximum Gasteiger partial charge on any atom is 0.140 e. The van der Waals surface area contributed by atoms with Crippen LogP contribution in [0.4, 0.5) is 0 Å². The van der Waals surface area contributed by atoms with Gasteiger partial charge in [0, 0.05) is 7.11 Å². The Balaban J connectivity index is 2.75. The van der Waals surface area contributed by atoms with E-state index in [0.717, 1.165) is 5.56 Å². The summed E-state index contributed by atoms with van der Waals surface area (Å²) in [5, 5.41) is 0. The Morgan fingerprint density at radius 1 is 1.50 bits per heavy atom. The van der Waals surface area contributed by atoms with Crippen LogP contribution in [-0.2, 0) is 11.3 Å². The molecule has 62 valence electrons. The zero-order chi connectivity index (χ0) is 8.81. The average Bonchev–Trinajstić information content (AvgIpc) is 2.06. The Morgan fingerprint density at radius 3 is 3.00 bits per heavy atom. The molecule has 1 aromatic rings. The zero-order valence-corrected chi connectivity index (χ0v) is 6.91. The van der Waals surface area contributed by atoms with Crippen LogP contribution in [0.3, 0.4) is 0 Å². The maximum atomic E-state index is 4.98. The van der Waals surface area contributed by atoms with Gasteiger partial charge < -0.3 is 9.47 Å². The van der Waals surface area contributed by atoms with E-state index in [1.807, 2.05) is 18.2 Å². The monoisotopic (exact) mass is 162 g/mol. The Hall–Kier alpha value is -1.46. The molecule has 0 aliphatic rings. The van der Waals surface area contributed by atoms with Gasteiger partial charge in [0.05, 0.1) is 6.61 Å². The summed E-state index contributed by atoms with van der Waals surface area (Å²) in [5.74, 6) is 0.673. The van der Waals surface area contributed by atoms with Crippen molar-refractivity contribution in [3.05, 3.63) is 29.8 Å². The van der Waals surface area contributed by atoms with Crippen LogP contribution in [-0.4, -0.2) is 7.11 Å². The van der Waals surface area contributed by atoms with Crippen molar-refractivity contribution < 1.29 is 9.47 Å². The smallest absolute Gasteiger partial charge is 0.140 e. The van der Waals surface area contributed by atoms with E-state index in [4.69, 9.17) is 15.9 Å². The molecule has 0 aromatic heterocycles. The number of rotatable bonds is 3. The fourth-order valence-electron chi connectivity index (χ4n) is 0.933. The Labute approximate surface area is 72.1 Å². The van der Waals surface area contributed by atoms with Gasteiger partial charge in [-0.05, 0) is 17.7 Å². The molecular weight excluding hydrogens is 152 g/mol. The predicted molar refractivity (Wildman–Crippen MR) is 46.6 cm³/mol. The summed E-state index contributed by atoms with van der Waals surface area (Å²) in [7, 11) is 1.65. The van der Waals surface area contributed by atoms with Crippen LogP contribution >= 0.6 is 0 Å². The second-order valence-electron chi connectivity index (χ2n) is 2.30. The van der Waals surface area contributed by atoms with Gasteiger partial charge >= 0.3 is 0 Å². The van der Waals surface area contributed by atoms with E-state index in [9.17, 15) is 0 Å². The molecule has 0 saturated heterocycles. The van der Waals surface area contributed by atoms with Crippen molar-refractivity contribution in [2.75, 3.05) is 7.11 Å². The number of benzene rings is 1. The number of hydrogen-bond donors (Lipinski definition) is 0. The van der Waals surface area contributed by atoms with Crippen LogP contribution < -0.4 is 4.74 Å². The molecule has 0 heterocycles. The lowest BCUT2D eigenvalue weighted by atomic mass is 10.2. The standard InChI is InChI=1S/C10H10O2/c1-3-12-10-6-4-5-9(7-10)8-11-2/h1,4-7H,8H2,2H3. The highest BCUT2D eigenvalue weighted by molar-refractivity contribution is 5.29. The van der Waals surface area contributed by atoms with Crippen molar-refractivity contribution in [3.63, 3.8) is 0 Å². The number of ether oxygens (including phenoxy) is 2. The predicted octanol–water partition coefficient (Wildman–Crippen LogP) is 1.80. The van der Waals surface area contributed by atoms with Crippen molar-refractivity contribution in [2.24, 2.45) is 0 Å². The molecule has 0 amide bonds. The van der Waals surface area contributed by atoms with Gasteiger partial charge in [-0.1, -0.05) is 18.6 Å². The molecule has 2 heteroatoms. The molecule has 0 aliphatic carbocycles. The van der Waals surface area contributed by atoms with Crippen molar-refractivity contribution in [1.29, 1.82) is 0 Å². The molecule has 0 spiro atoms. The van der Waals surface area contributed by atoms with E-state index in [2.05, 4.69) is 6.11 Å². The highest BCUT2D eigenvalue weighted by Crippen LogP contribution is 2.13. The van der Waals surface area contributed by atoms with Gasteiger partial charge in [-0.3, -0.25) is 0 Å². The molecule has 1 rings (SSSR count). The minimum atomic E-state index is 0.571. The normalized spacial score (nSPS) is 9.00. The Bertz CT molecular complexity index is 286. The molecule has 0 saturated carbocycles. The van der Waals surface area contributed by atoms with E-state index >= 15 is 0 Å². The minimum absolute atomic E-state index is 0.571. The highest BCUT2D eigenvalue weighted by atomic mass is 16.5. The first kappa shape index (κ1) is 8.63. The first-order chi connectivity index (χ1) is 5.86. The molecule has 0 N–H and O–H groups in total. The quantitative estimate of drug-likeness (QED) is 0.631. The molecule has 0 bridgehead atoms. The van der Waals surface area contributed by atoms with Gasteiger partial charge in [0.1, 0.15) is 11.9 Å². The summed E-state index contributed by atoms with van der Waals surface area (Å²) in [6, 6.07) is 7.48. The third kappa shape index (κ3) is 2.30. The summed E-state index contributed by atoms with van der Waals surface area (Å²) in [6.07, 6.45) is 7.09. The molecule has 0 unspecified atom stereocenters. The molecule has 0 fully saturated rings. The summed E-state index contributed by atoms with van der Waals surface area (Å²) in [5.41, 5.74) is 1.05. The molecular formula is C10H10O2. The molecule has 2 nitrogen and oxygen atoms in total. The molecule has 12 heavy (non-hydrogen) atoms. The summed E-state index contributed by atoms with van der Waals surface area (Å²) in [6.45, 7) is 0.571. The minimum Gasteiger partial charge on any atom is -0.408 e. The Kier molecular flexibility index (Phi) is 3.18. The third-order valence-corrected chi connectivity index (χ3v) is 1.39. The van der Waals surface area contributed by atoms with Crippen molar-refractivity contribution in [1.82, 2.24) is 0 Å². The maximum absolute atomic E-state index is 4.98. The van der Waals surface area contributed by atoms with Crippen molar-refractivity contribution in [2.45, 2.75) is 6.61 Å². The summed E-state index contributed by atoms with van der Waals surface area (Å²) < 4.78 is 9.82. The SMILES string of the molecule is C#COc1cccc(COC)c1. The van der Waals surface area contributed by atoms with Crippen LogP contribution in [0.5, 0.6) is 5.75 Å². The Morgan fingerprint density at radius 2 is 2.33 bits per heavy atom. The van der Waals surface area contributed by atoms with Gasteiger partial charge in [-0.15, -0.1) is 0 Å². The number of methoxy groups -OCH3 is 1. The first-order valence-corrected chi connectivity index (χ1v) is 3.57. The number of hydrogen-bond acceptors (Lipinski definition) is 2. The van der Waals surface area contributed by atoms with Crippen molar-refractivity contribution in [3.8, 4) is 18.3 Å². The lowest BCUT2D eigenvalue weighted by molar-refractivity contribution is 0.184. The van der Waals surface area contributed by atoms with Crippen molar-refractivity contribution >= 4 is 0 Å². The third-order valence-electron chi connectivity index (χ3n) is 1.39. The number of terminal acetylenes is 1. The van der Waals surface area contributed by atoms with Crippen LogP contribution in [0.25, 0.3) is 0 Å². The van der Waals surface area contributed by atoms with E-state index in [-0.39, 0.29) is 0 Å². The van der Waals surface area contributed by atoms with Gasteiger partial charge in [0.15, 0.2) is 0 Å². The van der Waals surface area contributed by atoms with Gasteiger partial charge in [-0.2, -0.15) is 0 Å². The molecule has 0 aliphatic heterocycles. The zero-order valence-electron chi connectivity index (χ0n) is 6.91. The van der Waals surface area contributed by atoms with Crippen LogP contribution in [0, 0.1) is 12.5 Å². The fraction of sp³-hybridized carbons (Fsp3) is 0.200. The van der Waals surface area contributed by atoms with E-state index in [1.165, 1.54) is 0 Å². The van der Waals surface area contributed by atoms with E-state index in [0.29, 0.717) is 12.4 Å². The average molecular weight is 162 g/mol. The lowest BCUT2D eigenvalue weighted by Gasteiger charge is -2.01. The molecule has 0 atom stereocenters. The van der Waals surface area contributed by atoms with Crippen LogP contribution in [0.2, 0.25) is 0 Å². The molecule has 0 radical (unpaired) electrons. The van der Waals surface area contributed by atoms with Crippen LogP contribution in [0.1, 0.15) is 5.56 Å². The topological polar surface area (TPSA) is 18.5 Å². The van der Waals surface area contributed by atoms with E-state index in [1.54, 1.807) is 13.2 Å². The van der Waals surface area contributed by atoms with Gasteiger partial charge in [0.2, 0.25) is 0 Å².